The van der Waals surface area contributed by atoms with Crippen molar-refractivity contribution in [3.63, 3.8) is 0 Å². The lowest BCUT2D eigenvalue weighted by molar-refractivity contribution is 0.254. The average molecular weight is 259 g/mol. The Balaban J connectivity index is 1.65. The third kappa shape index (κ3) is 3.30. The van der Waals surface area contributed by atoms with Crippen LogP contribution in [0.15, 0.2) is 24.3 Å². The van der Waals surface area contributed by atoms with Crippen molar-refractivity contribution in [2.45, 2.75) is 44.4 Å². The Hall–Kier alpha value is -1.02. The van der Waals surface area contributed by atoms with Crippen molar-refractivity contribution in [2.75, 3.05) is 19.7 Å². The van der Waals surface area contributed by atoms with Gasteiger partial charge in [0.2, 0.25) is 0 Å². The van der Waals surface area contributed by atoms with Gasteiger partial charge in [-0.2, -0.15) is 0 Å². The largest absolute Gasteiger partial charge is 0.493 e. The first-order valence-corrected chi connectivity index (χ1v) is 7.86. The van der Waals surface area contributed by atoms with Crippen molar-refractivity contribution in [1.82, 2.24) is 5.32 Å². The molecule has 0 radical (unpaired) electrons. The van der Waals surface area contributed by atoms with Crippen LogP contribution in [-0.4, -0.2) is 19.7 Å². The normalized spacial score (nSPS) is 24.5. The van der Waals surface area contributed by atoms with Crippen LogP contribution in [-0.2, 0) is 0 Å². The molecule has 0 bridgehead atoms. The maximum Gasteiger partial charge on any atom is 0.122 e. The second-order valence-electron chi connectivity index (χ2n) is 6.04. The molecule has 1 N–H and O–H groups in total. The molecule has 1 saturated carbocycles. The molecule has 1 heterocycles. The van der Waals surface area contributed by atoms with Gasteiger partial charge in [-0.05, 0) is 43.4 Å². The minimum Gasteiger partial charge on any atom is -0.493 e. The summed E-state index contributed by atoms with van der Waals surface area (Å²) in [4.78, 5) is 0. The highest BCUT2D eigenvalue weighted by molar-refractivity contribution is 5.36. The minimum atomic E-state index is 0.694. The standard InChI is InChI=1S/C17H25NO/c1-2-6-15(7-3-1)16-8-4-5-9-17(16)19-13-14-10-11-18-12-14/h4-5,8-9,14-15,18H,1-3,6-7,10-13H2/t14-/m0/s1. The zero-order valence-electron chi connectivity index (χ0n) is 11.7. The van der Waals surface area contributed by atoms with E-state index in [1.165, 1.54) is 44.1 Å². The zero-order valence-corrected chi connectivity index (χ0v) is 11.7. The first-order valence-electron chi connectivity index (χ1n) is 7.86. The molecule has 0 spiro atoms. The molecule has 1 aliphatic heterocycles. The number of para-hydroxylation sites is 1. The molecule has 2 fully saturated rings. The van der Waals surface area contributed by atoms with Gasteiger partial charge in [0, 0.05) is 12.5 Å². The molecule has 1 aromatic carbocycles. The lowest BCUT2D eigenvalue weighted by Crippen LogP contribution is -2.16. The summed E-state index contributed by atoms with van der Waals surface area (Å²) in [6.07, 6.45) is 8.10. The van der Waals surface area contributed by atoms with Gasteiger partial charge in [-0.25, -0.2) is 0 Å². The van der Waals surface area contributed by atoms with Gasteiger partial charge in [-0.1, -0.05) is 37.5 Å². The summed E-state index contributed by atoms with van der Waals surface area (Å²) in [6, 6.07) is 8.70. The Labute approximate surface area is 116 Å². The second-order valence-corrected chi connectivity index (χ2v) is 6.04. The molecule has 104 valence electrons. The van der Waals surface area contributed by atoms with E-state index in [2.05, 4.69) is 29.6 Å². The van der Waals surface area contributed by atoms with Gasteiger partial charge in [0.05, 0.1) is 6.61 Å². The fraction of sp³-hybridized carbons (Fsp3) is 0.647. The van der Waals surface area contributed by atoms with Crippen LogP contribution in [0.25, 0.3) is 0 Å². The van der Waals surface area contributed by atoms with Crippen molar-refractivity contribution in [1.29, 1.82) is 0 Å². The summed E-state index contributed by atoms with van der Waals surface area (Å²) in [5, 5.41) is 3.41. The predicted molar refractivity (Wildman–Crippen MR) is 78.7 cm³/mol. The van der Waals surface area contributed by atoms with Gasteiger partial charge >= 0.3 is 0 Å². The molecule has 1 aromatic rings. The van der Waals surface area contributed by atoms with Crippen LogP contribution in [0.2, 0.25) is 0 Å². The zero-order chi connectivity index (χ0) is 12.9. The van der Waals surface area contributed by atoms with Crippen LogP contribution in [0.4, 0.5) is 0 Å². The third-order valence-corrected chi connectivity index (χ3v) is 4.60. The van der Waals surface area contributed by atoms with E-state index < -0.39 is 0 Å². The minimum absolute atomic E-state index is 0.694. The van der Waals surface area contributed by atoms with E-state index >= 15 is 0 Å². The monoisotopic (exact) mass is 259 g/mol. The van der Waals surface area contributed by atoms with Crippen LogP contribution in [0.1, 0.15) is 50.0 Å². The molecule has 0 amide bonds. The summed E-state index contributed by atoms with van der Waals surface area (Å²) >= 11 is 0. The van der Waals surface area contributed by atoms with E-state index in [0.717, 1.165) is 31.4 Å². The molecule has 0 aromatic heterocycles. The third-order valence-electron chi connectivity index (χ3n) is 4.60. The summed E-state index contributed by atoms with van der Waals surface area (Å²) in [5.74, 6) is 2.56. The smallest absolute Gasteiger partial charge is 0.122 e. The number of benzene rings is 1. The van der Waals surface area contributed by atoms with Crippen molar-refractivity contribution in [3.8, 4) is 5.75 Å². The van der Waals surface area contributed by atoms with Crippen molar-refractivity contribution < 1.29 is 4.74 Å². The Morgan fingerprint density at radius 3 is 2.68 bits per heavy atom. The predicted octanol–water partition coefficient (Wildman–Crippen LogP) is 3.72. The number of hydrogen-bond acceptors (Lipinski definition) is 2. The number of nitrogens with one attached hydrogen (secondary N) is 1. The van der Waals surface area contributed by atoms with Crippen LogP contribution in [0.3, 0.4) is 0 Å². The second kappa shape index (κ2) is 6.42. The Morgan fingerprint density at radius 1 is 1.05 bits per heavy atom. The van der Waals surface area contributed by atoms with Crippen molar-refractivity contribution in [3.05, 3.63) is 29.8 Å². The molecule has 2 heteroatoms. The summed E-state index contributed by atoms with van der Waals surface area (Å²) < 4.78 is 6.13. The quantitative estimate of drug-likeness (QED) is 0.889. The number of hydrogen-bond donors (Lipinski definition) is 1. The molecule has 2 aliphatic rings. The highest BCUT2D eigenvalue weighted by atomic mass is 16.5. The van der Waals surface area contributed by atoms with Crippen LogP contribution in [0, 0.1) is 5.92 Å². The molecular weight excluding hydrogens is 234 g/mol. The van der Waals surface area contributed by atoms with Gasteiger partial charge in [0.15, 0.2) is 0 Å². The highest BCUT2D eigenvalue weighted by Crippen LogP contribution is 2.37. The van der Waals surface area contributed by atoms with Crippen LogP contribution in [0.5, 0.6) is 5.75 Å². The van der Waals surface area contributed by atoms with Crippen molar-refractivity contribution >= 4 is 0 Å². The number of rotatable bonds is 4. The van der Waals surface area contributed by atoms with Crippen LogP contribution >= 0.6 is 0 Å². The molecule has 3 rings (SSSR count). The summed E-state index contributed by atoms with van der Waals surface area (Å²) in [5.41, 5.74) is 1.45. The van der Waals surface area contributed by atoms with E-state index in [1.54, 1.807) is 0 Å². The topological polar surface area (TPSA) is 21.3 Å². The summed E-state index contributed by atoms with van der Waals surface area (Å²) in [6.45, 7) is 3.14. The van der Waals surface area contributed by atoms with Gasteiger partial charge in [0.1, 0.15) is 5.75 Å². The Morgan fingerprint density at radius 2 is 1.89 bits per heavy atom. The Bertz CT molecular complexity index is 392. The molecule has 19 heavy (non-hydrogen) atoms. The van der Waals surface area contributed by atoms with Gasteiger partial charge in [0.25, 0.3) is 0 Å². The molecule has 1 aliphatic carbocycles. The molecule has 1 atom stereocenters. The van der Waals surface area contributed by atoms with Gasteiger partial charge < -0.3 is 10.1 Å². The maximum atomic E-state index is 6.13. The highest BCUT2D eigenvalue weighted by Gasteiger charge is 2.20. The summed E-state index contributed by atoms with van der Waals surface area (Å²) in [7, 11) is 0. The van der Waals surface area contributed by atoms with E-state index in [4.69, 9.17) is 4.74 Å². The van der Waals surface area contributed by atoms with E-state index in [-0.39, 0.29) is 0 Å². The van der Waals surface area contributed by atoms with E-state index in [0.29, 0.717) is 5.92 Å². The average Bonchev–Trinajstić information content (AvgIpc) is 3.00. The van der Waals surface area contributed by atoms with Crippen LogP contribution < -0.4 is 10.1 Å². The first kappa shape index (κ1) is 13.0. The Kier molecular flexibility index (Phi) is 4.39. The molecular formula is C17H25NO. The SMILES string of the molecule is c1ccc(C2CCCCC2)c(OC[C@H]2CCNC2)c1. The molecule has 2 nitrogen and oxygen atoms in total. The lowest BCUT2D eigenvalue weighted by Gasteiger charge is -2.24. The van der Waals surface area contributed by atoms with Crippen molar-refractivity contribution in [2.24, 2.45) is 5.92 Å². The fourth-order valence-electron chi connectivity index (χ4n) is 3.43. The van der Waals surface area contributed by atoms with Gasteiger partial charge in [-0.3, -0.25) is 0 Å². The van der Waals surface area contributed by atoms with E-state index in [9.17, 15) is 0 Å². The fourth-order valence-corrected chi connectivity index (χ4v) is 3.43. The van der Waals surface area contributed by atoms with Gasteiger partial charge in [-0.15, -0.1) is 0 Å². The number of ether oxygens (including phenoxy) is 1. The molecule has 1 saturated heterocycles. The lowest BCUT2D eigenvalue weighted by atomic mass is 9.84. The molecule has 0 unspecified atom stereocenters. The van der Waals surface area contributed by atoms with E-state index in [1.807, 2.05) is 0 Å². The first-order chi connectivity index (χ1) is 9.43. The maximum absolute atomic E-state index is 6.13.